The molecule has 0 aromatic rings. The maximum atomic E-state index is 11.5. The van der Waals surface area contributed by atoms with Gasteiger partial charge in [-0.3, -0.25) is 14.5 Å². The van der Waals surface area contributed by atoms with E-state index in [1.165, 1.54) is 0 Å². The Morgan fingerprint density at radius 3 is 2.58 bits per heavy atom. The van der Waals surface area contributed by atoms with Crippen LogP contribution in [0.15, 0.2) is 0 Å². The maximum absolute atomic E-state index is 11.5. The van der Waals surface area contributed by atoms with Crippen molar-refractivity contribution in [3.05, 3.63) is 0 Å². The predicted octanol–water partition coefficient (Wildman–Crippen LogP) is -1.68. The molecular formula is C12H23N3O4. The highest BCUT2D eigenvalue weighted by Crippen LogP contribution is 1.94. The lowest BCUT2D eigenvalue weighted by Crippen LogP contribution is -2.48. The number of carbonyl (C=O) groups is 2. The van der Waals surface area contributed by atoms with Gasteiger partial charge in [-0.15, -0.1) is 0 Å². The number of morpholine rings is 1. The SMILES string of the molecule is CCC(CO)NC(=O)C(=O)NCCN1CCOCC1. The number of carbonyl (C=O) groups excluding carboxylic acids is 2. The first kappa shape index (κ1) is 15.9. The van der Waals surface area contributed by atoms with Gasteiger partial charge in [0.05, 0.1) is 25.9 Å². The first-order chi connectivity index (χ1) is 9.17. The molecule has 1 rings (SSSR count). The highest BCUT2D eigenvalue weighted by molar-refractivity contribution is 6.35. The Labute approximate surface area is 113 Å². The minimum Gasteiger partial charge on any atom is -0.394 e. The number of amides is 2. The van der Waals surface area contributed by atoms with Crippen molar-refractivity contribution in [2.24, 2.45) is 0 Å². The molecule has 3 N–H and O–H groups in total. The van der Waals surface area contributed by atoms with Crippen LogP contribution < -0.4 is 10.6 Å². The molecule has 1 aliphatic heterocycles. The zero-order chi connectivity index (χ0) is 14.1. The molecule has 0 saturated carbocycles. The number of nitrogens with zero attached hydrogens (tertiary/aromatic N) is 1. The van der Waals surface area contributed by atoms with Gasteiger partial charge in [-0.05, 0) is 6.42 Å². The Hall–Kier alpha value is -1.18. The zero-order valence-electron chi connectivity index (χ0n) is 11.4. The zero-order valence-corrected chi connectivity index (χ0v) is 11.4. The summed E-state index contributed by atoms with van der Waals surface area (Å²) in [5.41, 5.74) is 0. The number of aliphatic hydroxyl groups is 1. The average Bonchev–Trinajstić information content (AvgIpc) is 2.45. The fourth-order valence-corrected chi connectivity index (χ4v) is 1.76. The first-order valence-corrected chi connectivity index (χ1v) is 6.67. The predicted molar refractivity (Wildman–Crippen MR) is 69.6 cm³/mol. The van der Waals surface area contributed by atoms with Gasteiger partial charge < -0.3 is 20.5 Å². The number of hydrogen-bond donors (Lipinski definition) is 3. The van der Waals surface area contributed by atoms with Crippen molar-refractivity contribution in [1.82, 2.24) is 15.5 Å². The van der Waals surface area contributed by atoms with Crippen molar-refractivity contribution < 1.29 is 19.4 Å². The molecule has 7 heteroatoms. The fourth-order valence-electron chi connectivity index (χ4n) is 1.76. The quantitative estimate of drug-likeness (QED) is 0.503. The molecular weight excluding hydrogens is 250 g/mol. The minimum atomic E-state index is -0.692. The molecule has 19 heavy (non-hydrogen) atoms. The van der Waals surface area contributed by atoms with Crippen molar-refractivity contribution >= 4 is 11.8 Å². The van der Waals surface area contributed by atoms with Crippen LogP contribution in [0.5, 0.6) is 0 Å². The highest BCUT2D eigenvalue weighted by atomic mass is 16.5. The van der Waals surface area contributed by atoms with E-state index in [1.807, 2.05) is 6.92 Å². The summed E-state index contributed by atoms with van der Waals surface area (Å²) in [5.74, 6) is -1.34. The summed E-state index contributed by atoms with van der Waals surface area (Å²) >= 11 is 0. The molecule has 1 unspecified atom stereocenters. The van der Waals surface area contributed by atoms with E-state index >= 15 is 0 Å². The van der Waals surface area contributed by atoms with Crippen molar-refractivity contribution in [3.63, 3.8) is 0 Å². The second kappa shape index (κ2) is 8.84. The van der Waals surface area contributed by atoms with Crippen LogP contribution in [0.3, 0.4) is 0 Å². The number of rotatable bonds is 6. The van der Waals surface area contributed by atoms with E-state index in [0.29, 0.717) is 32.7 Å². The third kappa shape index (κ3) is 6.00. The Kier molecular flexibility index (Phi) is 7.39. The van der Waals surface area contributed by atoms with Crippen LogP contribution in [0.4, 0.5) is 0 Å². The van der Waals surface area contributed by atoms with Gasteiger partial charge in [0.15, 0.2) is 0 Å². The van der Waals surface area contributed by atoms with Gasteiger partial charge in [0, 0.05) is 26.2 Å². The van der Waals surface area contributed by atoms with Crippen LogP contribution >= 0.6 is 0 Å². The molecule has 2 amide bonds. The third-order valence-corrected chi connectivity index (χ3v) is 3.07. The van der Waals surface area contributed by atoms with Gasteiger partial charge in [0.1, 0.15) is 0 Å². The summed E-state index contributed by atoms with van der Waals surface area (Å²) in [6.45, 7) is 5.93. The van der Waals surface area contributed by atoms with Crippen molar-refractivity contribution in [2.45, 2.75) is 19.4 Å². The highest BCUT2D eigenvalue weighted by Gasteiger charge is 2.17. The molecule has 1 fully saturated rings. The van der Waals surface area contributed by atoms with Crippen molar-refractivity contribution in [2.75, 3.05) is 46.0 Å². The topological polar surface area (TPSA) is 90.9 Å². The summed E-state index contributed by atoms with van der Waals surface area (Å²) in [4.78, 5) is 25.2. The van der Waals surface area contributed by atoms with Gasteiger partial charge in [-0.2, -0.15) is 0 Å². The molecule has 110 valence electrons. The standard InChI is InChI=1S/C12H23N3O4/c1-2-10(9-16)14-12(18)11(17)13-3-4-15-5-7-19-8-6-15/h10,16H,2-9H2,1H3,(H,13,17)(H,14,18). The van der Waals surface area contributed by atoms with E-state index in [2.05, 4.69) is 15.5 Å². The first-order valence-electron chi connectivity index (χ1n) is 6.67. The summed E-state index contributed by atoms with van der Waals surface area (Å²) in [7, 11) is 0. The Morgan fingerprint density at radius 2 is 2.00 bits per heavy atom. The van der Waals surface area contributed by atoms with Crippen LogP contribution in [0.25, 0.3) is 0 Å². The van der Waals surface area contributed by atoms with Crippen LogP contribution in [-0.4, -0.2) is 73.9 Å². The molecule has 0 spiro atoms. The van der Waals surface area contributed by atoms with Crippen LogP contribution in [0.2, 0.25) is 0 Å². The molecule has 0 aliphatic carbocycles. The Bertz CT molecular complexity index is 289. The van der Waals surface area contributed by atoms with Crippen molar-refractivity contribution in [1.29, 1.82) is 0 Å². The average molecular weight is 273 g/mol. The summed E-state index contributed by atoms with van der Waals surface area (Å²) < 4.78 is 5.22. The van der Waals surface area contributed by atoms with Gasteiger partial charge in [-0.1, -0.05) is 6.92 Å². The number of nitrogens with one attached hydrogen (secondary N) is 2. The molecule has 1 aliphatic rings. The van der Waals surface area contributed by atoms with Crippen LogP contribution in [0, 0.1) is 0 Å². The van der Waals surface area contributed by atoms with Crippen LogP contribution in [-0.2, 0) is 14.3 Å². The van der Waals surface area contributed by atoms with Gasteiger partial charge in [0.25, 0.3) is 0 Å². The van der Waals surface area contributed by atoms with E-state index in [4.69, 9.17) is 9.84 Å². The summed E-state index contributed by atoms with van der Waals surface area (Å²) in [6.07, 6.45) is 0.587. The minimum absolute atomic E-state index is 0.163. The molecule has 1 saturated heterocycles. The largest absolute Gasteiger partial charge is 0.394 e. The third-order valence-electron chi connectivity index (χ3n) is 3.07. The van der Waals surface area contributed by atoms with E-state index in [-0.39, 0.29) is 12.6 Å². The van der Waals surface area contributed by atoms with Gasteiger partial charge in [0.2, 0.25) is 0 Å². The number of aliphatic hydroxyl groups excluding tert-OH is 1. The fraction of sp³-hybridized carbons (Fsp3) is 0.833. The Morgan fingerprint density at radius 1 is 1.32 bits per heavy atom. The lowest BCUT2D eigenvalue weighted by Gasteiger charge is -2.26. The number of ether oxygens (including phenoxy) is 1. The monoisotopic (exact) mass is 273 g/mol. The smallest absolute Gasteiger partial charge is 0.309 e. The van der Waals surface area contributed by atoms with E-state index < -0.39 is 11.8 Å². The molecule has 1 heterocycles. The Balaban J connectivity index is 2.17. The number of hydrogen-bond acceptors (Lipinski definition) is 5. The summed E-state index contributed by atoms with van der Waals surface area (Å²) in [6, 6.07) is -0.363. The molecule has 0 aromatic carbocycles. The molecule has 0 bridgehead atoms. The van der Waals surface area contributed by atoms with Gasteiger partial charge >= 0.3 is 11.8 Å². The van der Waals surface area contributed by atoms with Crippen LogP contribution in [0.1, 0.15) is 13.3 Å². The molecule has 7 nitrogen and oxygen atoms in total. The molecule has 1 atom stereocenters. The lowest BCUT2D eigenvalue weighted by molar-refractivity contribution is -0.139. The summed E-state index contributed by atoms with van der Waals surface area (Å²) in [5, 5.41) is 14.0. The van der Waals surface area contributed by atoms with E-state index in [1.54, 1.807) is 0 Å². The lowest BCUT2D eigenvalue weighted by atomic mass is 10.2. The second-order valence-electron chi connectivity index (χ2n) is 4.47. The van der Waals surface area contributed by atoms with Crippen molar-refractivity contribution in [3.8, 4) is 0 Å². The normalized spacial score (nSPS) is 17.8. The maximum Gasteiger partial charge on any atom is 0.309 e. The molecule has 0 aromatic heterocycles. The second-order valence-corrected chi connectivity index (χ2v) is 4.47. The van der Waals surface area contributed by atoms with E-state index in [0.717, 1.165) is 13.1 Å². The van der Waals surface area contributed by atoms with Gasteiger partial charge in [-0.25, -0.2) is 0 Å². The molecule has 0 radical (unpaired) electrons. The van der Waals surface area contributed by atoms with E-state index in [9.17, 15) is 9.59 Å².